The maximum atomic E-state index is 14.3. The Morgan fingerprint density at radius 2 is 1.94 bits per heavy atom. The van der Waals surface area contributed by atoms with Crippen molar-refractivity contribution in [2.75, 3.05) is 44.8 Å². The van der Waals surface area contributed by atoms with Crippen LogP contribution in [0.1, 0.15) is 15.9 Å². The first-order chi connectivity index (χ1) is 17.1. The highest BCUT2D eigenvalue weighted by Gasteiger charge is 2.31. The third-order valence-corrected chi connectivity index (χ3v) is 5.97. The minimum atomic E-state index is -4.72. The number of anilines is 1. The second kappa shape index (κ2) is 10.9. The smallest absolute Gasteiger partial charge is 0.416 e. The van der Waals surface area contributed by atoms with Gasteiger partial charge in [-0.15, -0.1) is 0 Å². The van der Waals surface area contributed by atoms with Crippen LogP contribution < -0.4 is 10.1 Å². The highest BCUT2D eigenvalue weighted by molar-refractivity contribution is 6.33. The van der Waals surface area contributed by atoms with E-state index >= 15 is 0 Å². The zero-order chi connectivity index (χ0) is 25.9. The first-order valence-electron chi connectivity index (χ1n) is 11.1. The molecule has 2 aromatic carbocycles. The molecule has 0 atom stereocenters. The molecule has 3 aromatic rings. The normalized spacial score (nSPS) is 14.6. The van der Waals surface area contributed by atoms with E-state index in [1.807, 2.05) is 0 Å². The van der Waals surface area contributed by atoms with Crippen LogP contribution in [0.3, 0.4) is 0 Å². The summed E-state index contributed by atoms with van der Waals surface area (Å²) in [4.78, 5) is 14.9. The number of nitrogens with zero attached hydrogens (tertiary/aromatic N) is 3. The van der Waals surface area contributed by atoms with Crippen LogP contribution in [0.15, 0.2) is 42.6 Å². The summed E-state index contributed by atoms with van der Waals surface area (Å²) in [5.74, 6) is -1.68. The van der Waals surface area contributed by atoms with Crippen molar-refractivity contribution in [2.45, 2.75) is 6.18 Å². The van der Waals surface area contributed by atoms with E-state index < -0.39 is 29.0 Å². The van der Waals surface area contributed by atoms with Gasteiger partial charge in [0, 0.05) is 37.9 Å². The van der Waals surface area contributed by atoms with E-state index in [-0.39, 0.29) is 5.69 Å². The number of carbonyl (C=O) groups excluding carboxylic acids is 1. The van der Waals surface area contributed by atoms with E-state index in [2.05, 4.69) is 15.3 Å². The van der Waals surface area contributed by atoms with Gasteiger partial charge in [0.2, 0.25) is 0 Å². The zero-order valence-corrected chi connectivity index (χ0v) is 20.0. The fourth-order valence-corrected chi connectivity index (χ4v) is 4.08. The molecule has 192 valence electrons. The molecule has 2 heterocycles. The maximum Gasteiger partial charge on any atom is 0.416 e. The van der Waals surface area contributed by atoms with Gasteiger partial charge in [0.1, 0.15) is 18.2 Å². The molecular weight excluding hydrogens is 504 g/mol. The molecule has 36 heavy (non-hydrogen) atoms. The summed E-state index contributed by atoms with van der Waals surface area (Å²) in [7, 11) is 1.70. The Labute approximate surface area is 209 Å². The monoisotopic (exact) mass is 526 g/mol. The number of amides is 1. The van der Waals surface area contributed by atoms with Crippen LogP contribution in [0, 0.1) is 5.82 Å². The molecule has 7 nitrogen and oxygen atoms in total. The second-order valence-corrected chi connectivity index (χ2v) is 8.53. The van der Waals surface area contributed by atoms with Crippen LogP contribution >= 0.6 is 11.6 Å². The summed E-state index contributed by atoms with van der Waals surface area (Å²) in [6, 6.07) is 6.53. The number of nitrogens with one attached hydrogen (secondary N) is 1. The molecule has 0 bridgehead atoms. The Balaban J connectivity index is 1.56. The third kappa shape index (κ3) is 5.97. The number of hydrogen-bond donors (Lipinski definition) is 1. The molecule has 0 saturated carbocycles. The highest BCUT2D eigenvalue weighted by Crippen LogP contribution is 2.37. The van der Waals surface area contributed by atoms with Crippen LogP contribution in [0.5, 0.6) is 5.75 Å². The van der Waals surface area contributed by atoms with Gasteiger partial charge in [-0.2, -0.15) is 18.3 Å². The maximum absolute atomic E-state index is 14.3. The van der Waals surface area contributed by atoms with Crippen molar-refractivity contribution in [3.05, 3.63) is 64.6 Å². The quantitative estimate of drug-likeness (QED) is 0.445. The number of aromatic nitrogens is 2. The topological polar surface area (TPSA) is 68.6 Å². The standard InChI is InChI=1S/C24H23ClF4N4O3/c1-32-22(19(25)14-30-32)18-13-16(3-5-21(18)36-11-8-33-6-9-35-10-7-33)31-23(34)17-4-2-15(12-20(17)26)24(27,28)29/h2-5,12-14H,6-11H2,1H3,(H,31,34). The van der Waals surface area contributed by atoms with Crippen molar-refractivity contribution >= 4 is 23.2 Å². The molecule has 1 N–H and O–H groups in total. The van der Waals surface area contributed by atoms with Crippen molar-refractivity contribution in [2.24, 2.45) is 7.05 Å². The molecule has 0 spiro atoms. The molecule has 12 heteroatoms. The molecule has 0 unspecified atom stereocenters. The van der Waals surface area contributed by atoms with Crippen molar-refractivity contribution in [3.63, 3.8) is 0 Å². The van der Waals surface area contributed by atoms with Crippen LogP contribution in [-0.2, 0) is 18.0 Å². The van der Waals surface area contributed by atoms with E-state index in [1.165, 1.54) is 6.20 Å². The predicted octanol–water partition coefficient (Wildman–Crippen LogP) is 4.86. The first kappa shape index (κ1) is 25.9. The zero-order valence-electron chi connectivity index (χ0n) is 19.2. The van der Waals surface area contributed by atoms with Gasteiger partial charge in [0.25, 0.3) is 5.91 Å². The van der Waals surface area contributed by atoms with Gasteiger partial charge >= 0.3 is 6.18 Å². The number of aryl methyl sites for hydroxylation is 1. The van der Waals surface area contributed by atoms with Crippen molar-refractivity contribution in [3.8, 4) is 17.0 Å². The van der Waals surface area contributed by atoms with Gasteiger partial charge in [-0.1, -0.05) is 11.6 Å². The lowest BCUT2D eigenvalue weighted by Crippen LogP contribution is -2.38. The Kier molecular flexibility index (Phi) is 7.82. The van der Waals surface area contributed by atoms with E-state index in [0.29, 0.717) is 60.5 Å². The number of benzene rings is 2. The van der Waals surface area contributed by atoms with Crippen LogP contribution in [0.4, 0.5) is 23.2 Å². The fraction of sp³-hybridized carbons (Fsp3) is 0.333. The molecule has 1 saturated heterocycles. The summed E-state index contributed by atoms with van der Waals surface area (Å²) >= 11 is 6.34. The minimum absolute atomic E-state index is 0.270. The second-order valence-electron chi connectivity index (χ2n) is 8.12. The SMILES string of the molecule is Cn1ncc(Cl)c1-c1cc(NC(=O)c2ccc(C(F)(F)F)cc2F)ccc1OCCN1CCOCC1. The van der Waals surface area contributed by atoms with E-state index in [0.717, 1.165) is 19.2 Å². The van der Waals surface area contributed by atoms with Gasteiger partial charge < -0.3 is 14.8 Å². The van der Waals surface area contributed by atoms with Crippen molar-refractivity contribution < 1.29 is 31.8 Å². The lowest BCUT2D eigenvalue weighted by atomic mass is 10.1. The van der Waals surface area contributed by atoms with Gasteiger partial charge in [-0.05, 0) is 36.4 Å². The Morgan fingerprint density at radius 3 is 2.58 bits per heavy atom. The molecule has 0 radical (unpaired) electrons. The Hall–Kier alpha value is -3.15. The summed E-state index contributed by atoms with van der Waals surface area (Å²) in [6.07, 6.45) is -3.25. The largest absolute Gasteiger partial charge is 0.492 e. The molecule has 1 fully saturated rings. The molecule has 0 aliphatic carbocycles. The van der Waals surface area contributed by atoms with Crippen LogP contribution in [0.25, 0.3) is 11.3 Å². The first-order valence-corrected chi connectivity index (χ1v) is 11.4. The number of carbonyl (C=O) groups is 1. The summed E-state index contributed by atoms with van der Waals surface area (Å²) in [6.45, 7) is 4.05. The minimum Gasteiger partial charge on any atom is -0.492 e. The number of ether oxygens (including phenoxy) is 2. The fourth-order valence-electron chi connectivity index (χ4n) is 3.82. The predicted molar refractivity (Wildman–Crippen MR) is 126 cm³/mol. The molecule has 1 aliphatic heterocycles. The Bertz CT molecular complexity index is 1220. The molecule has 1 aliphatic rings. The number of hydrogen-bond acceptors (Lipinski definition) is 5. The van der Waals surface area contributed by atoms with E-state index in [9.17, 15) is 22.4 Å². The number of morpholine rings is 1. The van der Waals surface area contributed by atoms with Crippen molar-refractivity contribution in [1.82, 2.24) is 14.7 Å². The summed E-state index contributed by atoms with van der Waals surface area (Å²) < 4.78 is 65.7. The van der Waals surface area contributed by atoms with Crippen LogP contribution in [0.2, 0.25) is 5.02 Å². The molecule has 4 rings (SSSR count). The number of rotatable bonds is 7. The molecule has 1 aromatic heterocycles. The molecule has 1 amide bonds. The van der Waals surface area contributed by atoms with Gasteiger partial charge in [-0.25, -0.2) is 4.39 Å². The number of alkyl halides is 3. The number of halogens is 5. The average Bonchev–Trinajstić information content (AvgIpc) is 3.17. The highest BCUT2D eigenvalue weighted by atomic mass is 35.5. The van der Waals surface area contributed by atoms with E-state index in [1.54, 1.807) is 29.9 Å². The van der Waals surface area contributed by atoms with Gasteiger partial charge in [0.15, 0.2) is 0 Å². The van der Waals surface area contributed by atoms with Crippen molar-refractivity contribution in [1.29, 1.82) is 0 Å². The van der Waals surface area contributed by atoms with Crippen LogP contribution in [-0.4, -0.2) is 60.0 Å². The molecular formula is C24H23ClF4N4O3. The lowest BCUT2D eigenvalue weighted by molar-refractivity contribution is -0.137. The van der Waals surface area contributed by atoms with Gasteiger partial charge in [-0.3, -0.25) is 14.4 Å². The lowest BCUT2D eigenvalue weighted by Gasteiger charge is -2.26. The van der Waals surface area contributed by atoms with E-state index in [4.69, 9.17) is 21.1 Å². The van der Waals surface area contributed by atoms with Gasteiger partial charge in [0.05, 0.1) is 41.3 Å². The average molecular weight is 527 g/mol. The summed E-state index contributed by atoms with van der Waals surface area (Å²) in [5.41, 5.74) is -0.355. The summed E-state index contributed by atoms with van der Waals surface area (Å²) in [5, 5.41) is 7.02. The Morgan fingerprint density at radius 1 is 1.19 bits per heavy atom. The third-order valence-electron chi connectivity index (χ3n) is 5.70.